The van der Waals surface area contributed by atoms with E-state index in [1.165, 1.54) is 0 Å². The molecule has 1 aromatic heterocycles. The molecule has 2 atom stereocenters. The van der Waals surface area contributed by atoms with Crippen LogP contribution in [0.1, 0.15) is 32.6 Å². The molecule has 5 N–H and O–H groups in total. The number of aromatic amines is 1. The first kappa shape index (κ1) is 23.2. The topological polar surface area (TPSA) is 113 Å². The number of carbonyl (C=O) groups is 2. The zero-order valence-electron chi connectivity index (χ0n) is 14.4. The quantitative estimate of drug-likeness (QED) is 0.601. The van der Waals surface area contributed by atoms with Crippen molar-refractivity contribution < 1.29 is 9.59 Å². The number of nitrogens with zero attached hydrogens (tertiary/aromatic N) is 1. The van der Waals surface area contributed by atoms with Crippen LogP contribution in [0.15, 0.2) is 24.3 Å². The Morgan fingerprint density at radius 2 is 1.84 bits per heavy atom. The summed E-state index contributed by atoms with van der Waals surface area (Å²) in [6.07, 6.45) is 0. The van der Waals surface area contributed by atoms with Crippen molar-refractivity contribution in [2.24, 2.45) is 11.7 Å². The molecule has 140 valence electrons. The minimum Gasteiger partial charge on any atom is -0.346 e. The Balaban J connectivity index is 0.00000288. The molecule has 2 rings (SSSR count). The predicted octanol–water partition coefficient (Wildman–Crippen LogP) is 1.68. The molecule has 0 saturated carbocycles. The molecule has 0 aliphatic rings. The van der Waals surface area contributed by atoms with E-state index in [4.69, 9.17) is 5.73 Å². The van der Waals surface area contributed by atoms with Crippen LogP contribution >= 0.6 is 24.8 Å². The van der Waals surface area contributed by atoms with Crippen molar-refractivity contribution in [3.63, 3.8) is 0 Å². The summed E-state index contributed by atoms with van der Waals surface area (Å²) in [6, 6.07) is 6.75. The van der Waals surface area contributed by atoms with Crippen LogP contribution in [0.5, 0.6) is 0 Å². The average Bonchev–Trinajstić information content (AvgIpc) is 2.95. The molecule has 0 radical (unpaired) electrons. The molecule has 0 fully saturated rings. The van der Waals surface area contributed by atoms with Gasteiger partial charge in [-0.1, -0.05) is 26.0 Å². The number of imidazole rings is 1. The summed E-state index contributed by atoms with van der Waals surface area (Å²) in [5, 5.41) is 5.33. The Labute approximate surface area is 159 Å². The van der Waals surface area contributed by atoms with Gasteiger partial charge in [0.25, 0.3) is 0 Å². The lowest BCUT2D eigenvalue weighted by atomic mass is 10.1. The summed E-state index contributed by atoms with van der Waals surface area (Å²) in [6.45, 7) is 5.43. The highest BCUT2D eigenvalue weighted by Gasteiger charge is 2.18. The number of rotatable bonds is 6. The zero-order valence-corrected chi connectivity index (χ0v) is 16.0. The lowest BCUT2D eigenvalue weighted by Crippen LogP contribution is -2.47. The summed E-state index contributed by atoms with van der Waals surface area (Å²) in [7, 11) is 0. The molecule has 1 unspecified atom stereocenters. The predicted molar refractivity (Wildman–Crippen MR) is 103 cm³/mol. The van der Waals surface area contributed by atoms with Gasteiger partial charge in [-0.15, -0.1) is 24.8 Å². The number of benzene rings is 1. The third kappa shape index (κ3) is 6.19. The highest BCUT2D eigenvalue weighted by Crippen LogP contribution is 2.15. The van der Waals surface area contributed by atoms with Crippen LogP contribution in [0.25, 0.3) is 11.0 Å². The van der Waals surface area contributed by atoms with E-state index in [1.807, 2.05) is 45.0 Å². The summed E-state index contributed by atoms with van der Waals surface area (Å²) in [5.41, 5.74) is 7.49. The smallest absolute Gasteiger partial charge is 0.239 e. The number of fused-ring (bicyclic) bond motifs is 1. The molecule has 0 bridgehead atoms. The van der Waals surface area contributed by atoms with Crippen LogP contribution in [0.3, 0.4) is 0 Å². The summed E-state index contributed by atoms with van der Waals surface area (Å²) in [5.74, 6) is 0.0751. The van der Waals surface area contributed by atoms with Crippen LogP contribution in [-0.2, 0) is 9.59 Å². The third-order valence-corrected chi connectivity index (χ3v) is 3.64. The van der Waals surface area contributed by atoms with Crippen molar-refractivity contribution in [3.05, 3.63) is 30.1 Å². The van der Waals surface area contributed by atoms with Crippen molar-refractivity contribution in [1.82, 2.24) is 20.6 Å². The van der Waals surface area contributed by atoms with Gasteiger partial charge in [0.15, 0.2) is 0 Å². The molecule has 25 heavy (non-hydrogen) atoms. The zero-order chi connectivity index (χ0) is 17.0. The highest BCUT2D eigenvalue weighted by molar-refractivity contribution is 5.87. The lowest BCUT2D eigenvalue weighted by Gasteiger charge is -2.16. The maximum absolute atomic E-state index is 11.9. The van der Waals surface area contributed by atoms with Gasteiger partial charge in [0, 0.05) is 0 Å². The number of para-hydroxylation sites is 2. The summed E-state index contributed by atoms with van der Waals surface area (Å²) >= 11 is 0. The first-order valence-corrected chi connectivity index (χ1v) is 7.65. The Bertz CT molecular complexity index is 672. The Morgan fingerprint density at radius 1 is 1.20 bits per heavy atom. The molecule has 0 aliphatic heterocycles. The molecule has 2 aromatic rings. The maximum atomic E-state index is 11.9. The number of halogens is 2. The molecule has 1 aromatic carbocycles. The van der Waals surface area contributed by atoms with E-state index in [9.17, 15) is 9.59 Å². The van der Waals surface area contributed by atoms with E-state index in [2.05, 4.69) is 20.6 Å². The highest BCUT2D eigenvalue weighted by atomic mass is 35.5. The van der Waals surface area contributed by atoms with E-state index in [1.54, 1.807) is 0 Å². The third-order valence-electron chi connectivity index (χ3n) is 3.64. The van der Waals surface area contributed by atoms with Crippen LogP contribution < -0.4 is 16.4 Å². The first-order valence-electron chi connectivity index (χ1n) is 7.65. The van der Waals surface area contributed by atoms with E-state index in [0.717, 1.165) is 11.0 Å². The molecular weight excluding hydrogens is 365 g/mol. The van der Waals surface area contributed by atoms with Gasteiger partial charge < -0.3 is 21.4 Å². The molecule has 0 aliphatic carbocycles. The second-order valence-corrected chi connectivity index (χ2v) is 5.92. The summed E-state index contributed by atoms with van der Waals surface area (Å²) in [4.78, 5) is 31.3. The van der Waals surface area contributed by atoms with Gasteiger partial charge in [0.2, 0.25) is 11.8 Å². The number of amides is 2. The van der Waals surface area contributed by atoms with Crippen LogP contribution in [0.4, 0.5) is 0 Å². The minimum atomic E-state index is -0.615. The van der Waals surface area contributed by atoms with Crippen molar-refractivity contribution in [2.45, 2.75) is 32.9 Å². The van der Waals surface area contributed by atoms with Crippen molar-refractivity contribution >= 4 is 47.7 Å². The number of nitrogens with one attached hydrogen (secondary N) is 3. The molecule has 1 heterocycles. The van der Waals surface area contributed by atoms with Gasteiger partial charge in [0.1, 0.15) is 5.82 Å². The fourth-order valence-corrected chi connectivity index (χ4v) is 2.13. The number of aromatic nitrogens is 2. The number of carbonyl (C=O) groups excluding carboxylic acids is 2. The Morgan fingerprint density at radius 3 is 2.44 bits per heavy atom. The second kappa shape index (κ2) is 10.2. The van der Waals surface area contributed by atoms with E-state index < -0.39 is 6.04 Å². The minimum absolute atomic E-state index is 0. The van der Waals surface area contributed by atoms with Gasteiger partial charge in [-0.05, 0) is 25.0 Å². The molecule has 2 amide bonds. The van der Waals surface area contributed by atoms with Gasteiger partial charge in [0.05, 0.1) is 29.7 Å². The van der Waals surface area contributed by atoms with Crippen LogP contribution in [0, 0.1) is 5.92 Å². The molecule has 7 nitrogen and oxygen atoms in total. The average molecular weight is 390 g/mol. The normalized spacial score (nSPS) is 12.7. The second-order valence-electron chi connectivity index (χ2n) is 5.92. The standard InChI is InChI=1S/C16H23N5O2.2ClH/c1-9(2)14(17)16(23)18-8-13(22)19-10(3)15-20-11-6-4-5-7-12(11)21-15;;/h4-7,9-10,14H,8,17H2,1-3H3,(H,18,23)(H,19,22)(H,20,21);2*1H/t10?,14-;;/m0../s1. The lowest BCUT2D eigenvalue weighted by molar-refractivity contribution is -0.127. The van der Waals surface area contributed by atoms with Crippen molar-refractivity contribution in [3.8, 4) is 0 Å². The molecule has 9 heteroatoms. The maximum Gasteiger partial charge on any atom is 0.239 e. The van der Waals surface area contributed by atoms with Crippen LogP contribution in [-0.4, -0.2) is 34.4 Å². The molecule has 0 spiro atoms. The molecule has 0 saturated heterocycles. The largest absolute Gasteiger partial charge is 0.346 e. The summed E-state index contributed by atoms with van der Waals surface area (Å²) < 4.78 is 0. The first-order chi connectivity index (χ1) is 10.9. The Hall–Kier alpha value is -1.83. The van der Waals surface area contributed by atoms with Gasteiger partial charge in [-0.3, -0.25) is 9.59 Å². The van der Waals surface area contributed by atoms with E-state index in [-0.39, 0.29) is 55.1 Å². The number of hydrogen-bond acceptors (Lipinski definition) is 4. The fourth-order valence-electron chi connectivity index (χ4n) is 2.13. The van der Waals surface area contributed by atoms with Crippen molar-refractivity contribution in [1.29, 1.82) is 0 Å². The monoisotopic (exact) mass is 389 g/mol. The van der Waals surface area contributed by atoms with E-state index >= 15 is 0 Å². The van der Waals surface area contributed by atoms with Gasteiger partial charge >= 0.3 is 0 Å². The SMILES string of the molecule is CC(NC(=O)CNC(=O)[C@@H](N)C(C)C)c1nc2ccccc2[nH]1.Cl.Cl. The van der Waals surface area contributed by atoms with Crippen LogP contribution in [0.2, 0.25) is 0 Å². The van der Waals surface area contributed by atoms with Crippen molar-refractivity contribution in [2.75, 3.05) is 6.54 Å². The number of nitrogens with two attached hydrogens (primary N) is 1. The van der Waals surface area contributed by atoms with Gasteiger partial charge in [-0.25, -0.2) is 4.98 Å². The van der Waals surface area contributed by atoms with Gasteiger partial charge in [-0.2, -0.15) is 0 Å². The fraction of sp³-hybridized carbons (Fsp3) is 0.438. The van der Waals surface area contributed by atoms with E-state index in [0.29, 0.717) is 5.82 Å². The molecular formula is C16H25Cl2N5O2. The Kier molecular flexibility index (Phi) is 9.48. The number of H-pyrrole nitrogens is 1. The number of hydrogen-bond donors (Lipinski definition) is 4.